The van der Waals surface area contributed by atoms with E-state index in [1.54, 1.807) is 12.1 Å². The molecule has 0 aromatic heterocycles. The van der Waals surface area contributed by atoms with Gasteiger partial charge in [-0.25, -0.2) is 4.39 Å². The lowest BCUT2D eigenvalue weighted by Crippen LogP contribution is -2.34. The maximum absolute atomic E-state index is 12.9. The summed E-state index contributed by atoms with van der Waals surface area (Å²) in [4.78, 5) is 0. The van der Waals surface area contributed by atoms with Crippen LogP contribution in [0.4, 0.5) is 4.39 Å². The van der Waals surface area contributed by atoms with E-state index < -0.39 is 0 Å². The second kappa shape index (κ2) is 3.93. The normalized spacial score (nSPS) is 26.1. The number of hydrogen-bond donors (Lipinski definition) is 1. The molecule has 1 saturated heterocycles. The van der Waals surface area contributed by atoms with E-state index in [4.69, 9.17) is 0 Å². The molecule has 82 valence electrons. The Labute approximate surface area is 90.7 Å². The zero-order chi connectivity index (χ0) is 10.9. The van der Waals surface area contributed by atoms with Crippen LogP contribution in [-0.2, 0) is 5.41 Å². The van der Waals surface area contributed by atoms with Crippen molar-refractivity contribution in [2.75, 3.05) is 13.1 Å². The maximum atomic E-state index is 12.9. The van der Waals surface area contributed by atoms with Crippen molar-refractivity contribution >= 4 is 0 Å². The number of benzene rings is 1. The van der Waals surface area contributed by atoms with Crippen molar-refractivity contribution in [1.82, 2.24) is 5.32 Å². The Bertz CT molecular complexity index is 323. The van der Waals surface area contributed by atoms with Crippen LogP contribution in [0, 0.1) is 11.7 Å². The minimum Gasteiger partial charge on any atom is -0.316 e. The summed E-state index contributed by atoms with van der Waals surface area (Å²) in [6, 6.07) is 7.00. The molecule has 0 radical (unpaired) electrons. The Morgan fingerprint density at radius 2 is 1.93 bits per heavy atom. The fourth-order valence-electron chi connectivity index (χ4n) is 2.57. The van der Waals surface area contributed by atoms with Gasteiger partial charge in [0.1, 0.15) is 5.82 Å². The van der Waals surface area contributed by atoms with Crippen molar-refractivity contribution in [3.8, 4) is 0 Å². The molecule has 0 spiro atoms. The van der Waals surface area contributed by atoms with E-state index in [1.165, 1.54) is 5.56 Å². The average Bonchev–Trinajstić information content (AvgIpc) is 2.69. The van der Waals surface area contributed by atoms with Crippen LogP contribution in [0.25, 0.3) is 0 Å². The van der Waals surface area contributed by atoms with Crippen LogP contribution in [0.2, 0.25) is 0 Å². The van der Waals surface area contributed by atoms with Crippen LogP contribution < -0.4 is 5.32 Å². The Hall–Kier alpha value is -0.890. The highest BCUT2D eigenvalue weighted by atomic mass is 19.1. The molecular weight excluding hydrogens is 189 g/mol. The van der Waals surface area contributed by atoms with Crippen molar-refractivity contribution in [1.29, 1.82) is 0 Å². The minimum absolute atomic E-state index is 0.149. The third-order valence-electron chi connectivity index (χ3n) is 3.71. The number of hydrogen-bond acceptors (Lipinski definition) is 1. The number of nitrogens with one attached hydrogen (secondary N) is 1. The zero-order valence-electron chi connectivity index (χ0n) is 9.39. The monoisotopic (exact) mass is 207 g/mol. The molecule has 1 aliphatic heterocycles. The first-order valence-electron chi connectivity index (χ1n) is 5.62. The fourth-order valence-corrected chi connectivity index (χ4v) is 2.57. The zero-order valence-corrected chi connectivity index (χ0v) is 9.39. The van der Waals surface area contributed by atoms with Gasteiger partial charge in [-0.05, 0) is 36.6 Å². The molecule has 0 saturated carbocycles. The third-order valence-corrected chi connectivity index (χ3v) is 3.71. The van der Waals surface area contributed by atoms with Gasteiger partial charge in [-0.2, -0.15) is 0 Å². The van der Waals surface area contributed by atoms with E-state index in [0.717, 1.165) is 19.5 Å². The molecule has 15 heavy (non-hydrogen) atoms. The van der Waals surface area contributed by atoms with Gasteiger partial charge in [0.25, 0.3) is 0 Å². The smallest absolute Gasteiger partial charge is 0.123 e. The second-order valence-electron chi connectivity index (χ2n) is 4.74. The first kappa shape index (κ1) is 10.6. The Kier molecular flexibility index (Phi) is 2.79. The first-order valence-corrected chi connectivity index (χ1v) is 5.62. The summed E-state index contributed by atoms with van der Waals surface area (Å²) in [6.45, 7) is 6.57. The fraction of sp³-hybridized carbons (Fsp3) is 0.538. The van der Waals surface area contributed by atoms with E-state index in [-0.39, 0.29) is 11.2 Å². The summed E-state index contributed by atoms with van der Waals surface area (Å²) in [6.07, 6.45) is 1.15. The highest BCUT2D eigenvalue weighted by Crippen LogP contribution is 2.37. The van der Waals surface area contributed by atoms with Gasteiger partial charge in [0, 0.05) is 12.0 Å². The van der Waals surface area contributed by atoms with Crippen molar-refractivity contribution in [2.45, 2.75) is 25.7 Å². The summed E-state index contributed by atoms with van der Waals surface area (Å²) in [7, 11) is 0. The van der Waals surface area contributed by atoms with Gasteiger partial charge in [-0.1, -0.05) is 26.0 Å². The molecule has 1 nitrogen and oxygen atoms in total. The molecule has 2 heteroatoms. The first-order chi connectivity index (χ1) is 7.15. The summed E-state index contributed by atoms with van der Waals surface area (Å²) < 4.78 is 12.9. The molecule has 1 N–H and O–H groups in total. The molecular formula is C13H18FN. The second-order valence-corrected chi connectivity index (χ2v) is 4.74. The van der Waals surface area contributed by atoms with Crippen LogP contribution in [0.1, 0.15) is 25.8 Å². The lowest BCUT2D eigenvalue weighted by atomic mass is 9.71. The highest BCUT2D eigenvalue weighted by Gasteiger charge is 2.38. The summed E-state index contributed by atoms with van der Waals surface area (Å²) >= 11 is 0. The van der Waals surface area contributed by atoms with Gasteiger partial charge in [-0.15, -0.1) is 0 Å². The molecule has 2 rings (SSSR count). The van der Waals surface area contributed by atoms with E-state index >= 15 is 0 Å². The van der Waals surface area contributed by atoms with Gasteiger partial charge < -0.3 is 5.32 Å². The topological polar surface area (TPSA) is 12.0 Å². The summed E-state index contributed by atoms with van der Waals surface area (Å²) in [5.41, 5.74) is 1.47. The summed E-state index contributed by atoms with van der Waals surface area (Å²) in [5.74, 6) is 0.432. The molecule has 1 fully saturated rings. The van der Waals surface area contributed by atoms with Crippen LogP contribution >= 0.6 is 0 Å². The van der Waals surface area contributed by atoms with Gasteiger partial charge in [0.15, 0.2) is 0 Å². The van der Waals surface area contributed by atoms with Gasteiger partial charge >= 0.3 is 0 Å². The van der Waals surface area contributed by atoms with Gasteiger partial charge in [-0.3, -0.25) is 0 Å². The molecule has 1 unspecified atom stereocenters. The van der Waals surface area contributed by atoms with Gasteiger partial charge in [0.2, 0.25) is 0 Å². The largest absolute Gasteiger partial charge is 0.316 e. The van der Waals surface area contributed by atoms with Crippen molar-refractivity contribution in [2.24, 2.45) is 5.92 Å². The lowest BCUT2D eigenvalue weighted by molar-refractivity contribution is 0.336. The van der Waals surface area contributed by atoms with Crippen LogP contribution in [0.3, 0.4) is 0 Å². The van der Waals surface area contributed by atoms with Crippen LogP contribution in [0.15, 0.2) is 24.3 Å². The van der Waals surface area contributed by atoms with E-state index in [2.05, 4.69) is 19.2 Å². The molecule has 1 atom stereocenters. The quantitative estimate of drug-likeness (QED) is 0.786. The Morgan fingerprint density at radius 3 is 2.40 bits per heavy atom. The predicted molar refractivity (Wildman–Crippen MR) is 60.4 cm³/mol. The lowest BCUT2D eigenvalue weighted by Gasteiger charge is -2.33. The highest BCUT2D eigenvalue weighted by molar-refractivity contribution is 5.28. The van der Waals surface area contributed by atoms with Crippen molar-refractivity contribution in [3.63, 3.8) is 0 Å². The SMILES string of the molecule is CC(C)C1(c2ccc(F)cc2)CCNC1. The Morgan fingerprint density at radius 1 is 1.27 bits per heavy atom. The van der Waals surface area contributed by atoms with Crippen LogP contribution in [-0.4, -0.2) is 13.1 Å². The molecule has 1 aliphatic rings. The molecule has 0 aliphatic carbocycles. The third kappa shape index (κ3) is 1.78. The predicted octanol–water partition coefficient (Wildman–Crippen LogP) is 2.71. The van der Waals surface area contributed by atoms with Crippen molar-refractivity contribution < 1.29 is 4.39 Å². The Balaban J connectivity index is 2.36. The van der Waals surface area contributed by atoms with Gasteiger partial charge in [0.05, 0.1) is 0 Å². The molecule has 1 aromatic rings. The molecule has 1 heterocycles. The number of halogens is 1. The van der Waals surface area contributed by atoms with Crippen LogP contribution in [0.5, 0.6) is 0 Å². The van der Waals surface area contributed by atoms with E-state index in [9.17, 15) is 4.39 Å². The average molecular weight is 207 g/mol. The molecule has 0 bridgehead atoms. The van der Waals surface area contributed by atoms with E-state index in [1.807, 2.05) is 12.1 Å². The van der Waals surface area contributed by atoms with Crippen molar-refractivity contribution in [3.05, 3.63) is 35.6 Å². The molecule has 0 amide bonds. The standard InChI is InChI=1S/C13H18FN/c1-10(2)13(7-8-15-9-13)11-3-5-12(14)6-4-11/h3-6,10,15H,7-9H2,1-2H3. The van der Waals surface area contributed by atoms with E-state index in [0.29, 0.717) is 5.92 Å². The summed E-state index contributed by atoms with van der Waals surface area (Å²) in [5, 5.41) is 3.41. The maximum Gasteiger partial charge on any atom is 0.123 e. The molecule has 1 aromatic carbocycles. The minimum atomic E-state index is -0.149. The number of rotatable bonds is 2.